The maximum atomic E-state index is 12.4. The third kappa shape index (κ3) is 12.2. The molecule has 2 amide bonds. The lowest BCUT2D eigenvalue weighted by atomic mass is 9.99. The molecule has 0 aromatic heterocycles. The first-order valence-electron chi connectivity index (χ1n) is 16.3. The van der Waals surface area contributed by atoms with Crippen LogP contribution in [0.3, 0.4) is 0 Å². The van der Waals surface area contributed by atoms with E-state index in [2.05, 4.69) is 10.6 Å². The lowest BCUT2D eigenvalue weighted by Crippen LogP contribution is -2.59. The summed E-state index contributed by atoms with van der Waals surface area (Å²) in [4.78, 5) is 36.6. The number of Topliss-reactive ketones (excluding diaryl/α,β-unsaturated/α-hetero) is 1. The van der Waals surface area contributed by atoms with Crippen LogP contribution in [0.15, 0.2) is 0 Å². The number of rotatable bonds is 21. The number of aliphatic hydroxyl groups excluding tert-OH is 6. The molecule has 17 heteroatoms. The maximum Gasteiger partial charge on any atom is 0.220 e. The Hall–Kier alpha value is -1.87. The molecule has 272 valence electrons. The van der Waals surface area contributed by atoms with Crippen molar-refractivity contribution in [1.82, 2.24) is 10.6 Å². The minimum absolute atomic E-state index is 0.0157. The molecular formula is C30H52N2O15. The van der Waals surface area contributed by atoms with Crippen LogP contribution in [0.25, 0.3) is 0 Å². The lowest BCUT2D eigenvalue weighted by molar-refractivity contribution is -0.301. The number of nitrogens with one attached hydrogen (secondary N) is 2. The number of fused-ring (bicyclic) bond motifs is 1. The third-order valence-electron chi connectivity index (χ3n) is 8.39. The number of unbranched alkanes of at least 4 members (excludes halogenated alkanes) is 3. The summed E-state index contributed by atoms with van der Waals surface area (Å²) < 4.78 is 32.6. The van der Waals surface area contributed by atoms with E-state index < -0.39 is 74.1 Å². The van der Waals surface area contributed by atoms with E-state index in [9.17, 15) is 45.0 Å². The van der Waals surface area contributed by atoms with Crippen LogP contribution in [-0.4, -0.2) is 155 Å². The SMILES string of the molecule is CC(=O)C(CCCCNC(=O)CCCCOC1OC(CO)C2OCOC2C1O)NC(=O)CCCCOC1OC(CO)C(O)C(O)C1O. The molecule has 0 spiro atoms. The monoisotopic (exact) mass is 680 g/mol. The fourth-order valence-corrected chi connectivity index (χ4v) is 5.58. The molecule has 0 aromatic rings. The highest BCUT2D eigenvalue weighted by Gasteiger charge is 2.50. The van der Waals surface area contributed by atoms with E-state index in [0.717, 1.165) is 0 Å². The molecule has 8 N–H and O–H groups in total. The molecule has 47 heavy (non-hydrogen) atoms. The predicted molar refractivity (Wildman–Crippen MR) is 159 cm³/mol. The summed E-state index contributed by atoms with van der Waals surface area (Å²) in [5.41, 5.74) is 0. The topological polar surface area (TPSA) is 252 Å². The fraction of sp³-hybridized carbons (Fsp3) is 0.900. The molecule has 3 aliphatic heterocycles. The molecule has 3 saturated heterocycles. The Bertz CT molecular complexity index is 958. The summed E-state index contributed by atoms with van der Waals surface area (Å²) in [6.07, 6.45) is -6.54. The Morgan fingerprint density at radius 1 is 0.723 bits per heavy atom. The van der Waals surface area contributed by atoms with Crippen LogP contribution < -0.4 is 10.6 Å². The Balaban J connectivity index is 1.19. The number of amides is 2. The number of aliphatic hydroxyl groups is 6. The summed E-state index contributed by atoms with van der Waals surface area (Å²) in [7, 11) is 0. The highest BCUT2D eigenvalue weighted by Crippen LogP contribution is 2.30. The van der Waals surface area contributed by atoms with E-state index >= 15 is 0 Å². The van der Waals surface area contributed by atoms with E-state index in [1.807, 2.05) is 0 Å². The van der Waals surface area contributed by atoms with Crippen molar-refractivity contribution in [1.29, 1.82) is 0 Å². The van der Waals surface area contributed by atoms with Gasteiger partial charge in [-0.05, 0) is 51.9 Å². The van der Waals surface area contributed by atoms with Gasteiger partial charge in [-0.2, -0.15) is 0 Å². The summed E-state index contributed by atoms with van der Waals surface area (Å²) in [6.45, 7) is 1.35. The van der Waals surface area contributed by atoms with Crippen molar-refractivity contribution in [2.24, 2.45) is 0 Å². The van der Waals surface area contributed by atoms with Crippen LogP contribution in [0.4, 0.5) is 0 Å². The smallest absolute Gasteiger partial charge is 0.220 e. The first-order valence-corrected chi connectivity index (χ1v) is 16.3. The molecule has 0 radical (unpaired) electrons. The van der Waals surface area contributed by atoms with Crippen LogP contribution in [-0.2, 0) is 42.8 Å². The second kappa shape index (κ2) is 20.6. The van der Waals surface area contributed by atoms with Crippen molar-refractivity contribution < 1.29 is 73.4 Å². The third-order valence-corrected chi connectivity index (χ3v) is 8.39. The summed E-state index contributed by atoms with van der Waals surface area (Å²) in [6, 6.07) is -0.637. The molecule has 0 aliphatic carbocycles. The summed E-state index contributed by atoms with van der Waals surface area (Å²) in [5.74, 6) is -0.582. The molecule has 0 saturated carbocycles. The Morgan fingerprint density at radius 3 is 1.96 bits per heavy atom. The molecule has 11 atom stereocenters. The molecule has 3 rings (SSSR count). The quantitative estimate of drug-likeness (QED) is 0.0576. The van der Waals surface area contributed by atoms with Gasteiger partial charge in [-0.25, -0.2) is 0 Å². The Kier molecular flexibility index (Phi) is 17.3. The van der Waals surface area contributed by atoms with Crippen LogP contribution in [0, 0.1) is 0 Å². The normalized spacial score (nSPS) is 32.8. The average molecular weight is 681 g/mol. The van der Waals surface area contributed by atoms with Gasteiger partial charge >= 0.3 is 0 Å². The van der Waals surface area contributed by atoms with Crippen molar-refractivity contribution in [3.05, 3.63) is 0 Å². The molecule has 0 bridgehead atoms. The van der Waals surface area contributed by atoms with Crippen molar-refractivity contribution in [2.45, 2.75) is 132 Å². The second-order valence-electron chi connectivity index (χ2n) is 12.0. The largest absolute Gasteiger partial charge is 0.394 e. The summed E-state index contributed by atoms with van der Waals surface area (Å²) in [5, 5.41) is 64.3. The molecule has 0 aromatic carbocycles. The molecule has 3 fully saturated rings. The first-order chi connectivity index (χ1) is 22.6. The summed E-state index contributed by atoms with van der Waals surface area (Å²) >= 11 is 0. The number of hydrogen-bond donors (Lipinski definition) is 8. The Labute approximate surface area is 273 Å². The molecular weight excluding hydrogens is 628 g/mol. The van der Waals surface area contributed by atoms with Crippen LogP contribution in [0.2, 0.25) is 0 Å². The zero-order valence-electron chi connectivity index (χ0n) is 26.8. The minimum atomic E-state index is -1.53. The van der Waals surface area contributed by atoms with Gasteiger partial charge in [-0.15, -0.1) is 0 Å². The van der Waals surface area contributed by atoms with E-state index in [4.69, 9.17) is 28.4 Å². The van der Waals surface area contributed by atoms with E-state index in [0.29, 0.717) is 51.5 Å². The molecule has 3 aliphatic rings. The zero-order valence-corrected chi connectivity index (χ0v) is 26.8. The van der Waals surface area contributed by atoms with Crippen LogP contribution in [0.5, 0.6) is 0 Å². The molecule has 11 unspecified atom stereocenters. The first kappa shape index (κ1) is 39.6. The van der Waals surface area contributed by atoms with Crippen molar-refractivity contribution in [3.8, 4) is 0 Å². The van der Waals surface area contributed by atoms with Gasteiger partial charge in [0.2, 0.25) is 11.8 Å². The van der Waals surface area contributed by atoms with E-state index in [1.165, 1.54) is 6.92 Å². The minimum Gasteiger partial charge on any atom is -0.394 e. The van der Waals surface area contributed by atoms with Gasteiger partial charge in [0.25, 0.3) is 0 Å². The fourth-order valence-electron chi connectivity index (χ4n) is 5.58. The highest BCUT2D eigenvalue weighted by molar-refractivity contribution is 5.87. The van der Waals surface area contributed by atoms with Crippen molar-refractivity contribution >= 4 is 17.6 Å². The molecule has 17 nitrogen and oxygen atoms in total. The standard InChI is InChI=1S/C30H52N2O15/c1-17(35)18(32-22(37)10-4-7-12-42-29-25(40)24(39)23(38)19(14-33)46-29)8-2-5-11-31-21(36)9-3-6-13-43-30-26(41)28-27(44-16-45-28)20(15-34)47-30/h18-20,23-30,33-34,38-41H,2-16H2,1H3,(H,31,36)(H,32,37). The van der Waals surface area contributed by atoms with Gasteiger partial charge in [0.1, 0.15) is 55.6 Å². The van der Waals surface area contributed by atoms with E-state index in [-0.39, 0.29) is 57.1 Å². The molecule has 3 heterocycles. The number of ether oxygens (including phenoxy) is 6. The van der Waals surface area contributed by atoms with Gasteiger partial charge in [-0.1, -0.05) is 0 Å². The van der Waals surface area contributed by atoms with Crippen molar-refractivity contribution in [3.63, 3.8) is 0 Å². The van der Waals surface area contributed by atoms with Crippen LogP contribution in [0.1, 0.15) is 64.7 Å². The van der Waals surface area contributed by atoms with Gasteiger partial charge in [0.15, 0.2) is 18.4 Å². The van der Waals surface area contributed by atoms with Gasteiger partial charge in [0, 0.05) is 32.6 Å². The highest BCUT2D eigenvalue weighted by atomic mass is 16.8. The van der Waals surface area contributed by atoms with Crippen molar-refractivity contribution in [2.75, 3.05) is 39.8 Å². The predicted octanol–water partition coefficient (Wildman–Crippen LogP) is -2.66. The average Bonchev–Trinajstić information content (AvgIpc) is 3.55. The number of carbonyl (C=O) groups excluding carboxylic acids is 3. The van der Waals surface area contributed by atoms with Crippen LogP contribution >= 0.6 is 0 Å². The second-order valence-corrected chi connectivity index (χ2v) is 12.0. The van der Waals surface area contributed by atoms with E-state index in [1.54, 1.807) is 0 Å². The Morgan fingerprint density at radius 2 is 1.32 bits per heavy atom. The zero-order chi connectivity index (χ0) is 34.3. The number of carbonyl (C=O) groups is 3. The lowest BCUT2D eigenvalue weighted by Gasteiger charge is -2.39. The number of hydrogen-bond acceptors (Lipinski definition) is 15. The maximum absolute atomic E-state index is 12.4. The van der Waals surface area contributed by atoms with Gasteiger partial charge in [-0.3, -0.25) is 14.4 Å². The van der Waals surface area contributed by atoms with Gasteiger partial charge < -0.3 is 69.7 Å². The number of ketones is 1. The van der Waals surface area contributed by atoms with Gasteiger partial charge in [0.05, 0.1) is 19.3 Å².